The number of aryl methyl sites for hydroxylation is 1. The summed E-state index contributed by atoms with van der Waals surface area (Å²) in [6.45, 7) is 0. The number of hydrogen-bond acceptors (Lipinski definition) is 4. The van der Waals surface area contributed by atoms with Gasteiger partial charge in [-0.2, -0.15) is 0 Å². The van der Waals surface area contributed by atoms with E-state index in [1.807, 2.05) is 18.2 Å². The van der Waals surface area contributed by atoms with Gasteiger partial charge in [0.15, 0.2) is 0 Å². The minimum absolute atomic E-state index is 0.0251. The van der Waals surface area contributed by atoms with Gasteiger partial charge in [-0.25, -0.2) is 0 Å². The van der Waals surface area contributed by atoms with Crippen molar-refractivity contribution in [1.82, 2.24) is 9.13 Å². The second kappa shape index (κ2) is 4.08. The summed E-state index contributed by atoms with van der Waals surface area (Å²) in [7, 11) is 1.73. The lowest BCUT2D eigenvalue weighted by atomic mass is 10.0. The van der Waals surface area contributed by atoms with Crippen molar-refractivity contribution in [3.05, 3.63) is 51.1 Å². The molecule has 0 spiro atoms. The predicted octanol–water partition coefficient (Wildman–Crippen LogP) is 2.94. The fourth-order valence-electron chi connectivity index (χ4n) is 3.94. The van der Waals surface area contributed by atoms with Gasteiger partial charge in [-0.15, -0.1) is 0 Å². The Morgan fingerprint density at radius 3 is 2.43 bits per heavy atom. The third kappa shape index (κ3) is 1.49. The Bertz CT molecular complexity index is 1030. The van der Waals surface area contributed by atoms with Crippen molar-refractivity contribution in [2.24, 2.45) is 7.05 Å². The number of rotatable bonds is 1. The Morgan fingerprint density at radius 2 is 1.78 bits per heavy atom. The summed E-state index contributed by atoms with van der Waals surface area (Å²) in [4.78, 5) is 11.8. The highest BCUT2D eigenvalue weighted by molar-refractivity contribution is 7.16. The Kier molecular flexibility index (Phi) is 2.31. The molecule has 1 aromatic carbocycles. The van der Waals surface area contributed by atoms with Crippen molar-refractivity contribution in [3.8, 4) is 17.4 Å². The molecule has 2 N–H and O–H groups in total. The summed E-state index contributed by atoms with van der Waals surface area (Å²) in [5.41, 5.74) is 3.14. The molecule has 0 aliphatic heterocycles. The van der Waals surface area contributed by atoms with Gasteiger partial charge in [-0.05, 0) is 24.6 Å². The summed E-state index contributed by atoms with van der Waals surface area (Å²) in [5, 5.41) is 21.3. The molecule has 2 bridgehead atoms. The van der Waals surface area contributed by atoms with Gasteiger partial charge < -0.3 is 14.8 Å². The average molecular weight is 326 g/mol. The molecule has 2 aromatic heterocycles. The van der Waals surface area contributed by atoms with Crippen molar-refractivity contribution < 1.29 is 10.2 Å². The van der Waals surface area contributed by atoms with Crippen LogP contribution in [0.1, 0.15) is 29.4 Å². The SMILES string of the molecule is Cn1c(=O)sc2ccc(-n3c(O)c4c(c3O)C3C=CC4C3)cc21. The fourth-order valence-corrected chi connectivity index (χ4v) is 4.80. The van der Waals surface area contributed by atoms with E-state index in [0.717, 1.165) is 27.8 Å². The van der Waals surface area contributed by atoms with E-state index in [0.29, 0.717) is 5.69 Å². The molecule has 0 radical (unpaired) electrons. The van der Waals surface area contributed by atoms with E-state index in [1.165, 1.54) is 15.9 Å². The quantitative estimate of drug-likeness (QED) is 0.676. The van der Waals surface area contributed by atoms with Crippen LogP contribution in [-0.4, -0.2) is 19.3 Å². The van der Waals surface area contributed by atoms with Gasteiger partial charge in [0.05, 0.1) is 15.9 Å². The second-order valence-electron chi connectivity index (χ2n) is 6.22. The number of aromatic hydroxyl groups is 2. The number of benzene rings is 1. The van der Waals surface area contributed by atoms with Crippen LogP contribution < -0.4 is 4.87 Å². The van der Waals surface area contributed by atoms with Crippen LogP contribution in [0.3, 0.4) is 0 Å². The van der Waals surface area contributed by atoms with E-state index in [2.05, 4.69) is 12.2 Å². The maximum absolute atomic E-state index is 11.8. The summed E-state index contributed by atoms with van der Waals surface area (Å²) in [6.07, 6.45) is 5.13. The monoisotopic (exact) mass is 326 g/mol. The van der Waals surface area contributed by atoms with E-state index in [9.17, 15) is 15.0 Å². The van der Waals surface area contributed by atoms with E-state index in [4.69, 9.17) is 0 Å². The molecule has 23 heavy (non-hydrogen) atoms. The van der Waals surface area contributed by atoms with Crippen molar-refractivity contribution >= 4 is 21.6 Å². The highest BCUT2D eigenvalue weighted by Gasteiger charge is 2.41. The standard InChI is InChI=1S/C17H14N2O3S/c1-18-11-7-10(4-5-12(11)23-17(18)22)19-15(20)13-8-2-3-9(6-8)14(13)16(19)21/h2-5,7-9,20-21H,6H2,1H3. The molecule has 2 aliphatic rings. The number of hydrogen-bond donors (Lipinski definition) is 2. The molecule has 2 aliphatic carbocycles. The minimum atomic E-state index is -0.0251. The van der Waals surface area contributed by atoms with E-state index < -0.39 is 0 Å². The van der Waals surface area contributed by atoms with Crippen molar-refractivity contribution in [3.63, 3.8) is 0 Å². The van der Waals surface area contributed by atoms with Crippen LogP contribution in [0, 0.1) is 0 Å². The van der Waals surface area contributed by atoms with Crippen molar-refractivity contribution in [2.75, 3.05) is 0 Å². The highest BCUT2D eigenvalue weighted by atomic mass is 32.1. The van der Waals surface area contributed by atoms with Gasteiger partial charge in [-0.1, -0.05) is 23.5 Å². The molecule has 116 valence electrons. The van der Waals surface area contributed by atoms with E-state index in [1.54, 1.807) is 11.6 Å². The average Bonchev–Trinajstić information content (AvgIpc) is 3.26. The Hall–Kier alpha value is -2.47. The number of aromatic nitrogens is 2. The van der Waals surface area contributed by atoms with Crippen molar-refractivity contribution in [1.29, 1.82) is 0 Å². The molecule has 2 unspecified atom stereocenters. The van der Waals surface area contributed by atoms with Gasteiger partial charge in [-0.3, -0.25) is 9.36 Å². The Morgan fingerprint density at radius 1 is 1.13 bits per heavy atom. The van der Waals surface area contributed by atoms with Gasteiger partial charge in [0.25, 0.3) is 0 Å². The second-order valence-corrected chi connectivity index (χ2v) is 7.22. The van der Waals surface area contributed by atoms with Crippen LogP contribution >= 0.6 is 11.3 Å². The molecule has 2 heterocycles. The fraction of sp³-hybridized carbons (Fsp3) is 0.235. The molecule has 3 aromatic rings. The number of allylic oxidation sites excluding steroid dienone is 2. The zero-order valence-electron chi connectivity index (χ0n) is 12.4. The summed E-state index contributed by atoms with van der Waals surface area (Å²) in [5.74, 6) is 0.593. The number of fused-ring (bicyclic) bond motifs is 6. The lowest BCUT2D eigenvalue weighted by molar-refractivity contribution is 0.395. The third-order valence-corrected chi connectivity index (χ3v) is 6.07. The van der Waals surface area contributed by atoms with Crippen LogP contribution in [0.5, 0.6) is 11.8 Å². The molecule has 2 atom stereocenters. The highest BCUT2D eigenvalue weighted by Crippen LogP contribution is 2.57. The first-order chi connectivity index (χ1) is 11.1. The van der Waals surface area contributed by atoms with Gasteiger partial charge in [0.2, 0.25) is 11.8 Å². The van der Waals surface area contributed by atoms with Gasteiger partial charge in [0.1, 0.15) is 0 Å². The molecular weight excluding hydrogens is 312 g/mol. The van der Waals surface area contributed by atoms with Crippen LogP contribution in [-0.2, 0) is 7.05 Å². The van der Waals surface area contributed by atoms with Crippen LogP contribution in [0.25, 0.3) is 15.9 Å². The summed E-state index contributed by atoms with van der Waals surface area (Å²) in [6, 6.07) is 5.51. The zero-order chi connectivity index (χ0) is 15.9. The first-order valence-electron chi connectivity index (χ1n) is 7.51. The molecule has 0 saturated heterocycles. The smallest absolute Gasteiger partial charge is 0.307 e. The normalized spacial score (nSPS) is 21.4. The molecule has 6 heteroatoms. The number of thiazole rings is 1. The molecular formula is C17H14N2O3S. The molecule has 5 nitrogen and oxygen atoms in total. The topological polar surface area (TPSA) is 67.4 Å². The first kappa shape index (κ1) is 13.0. The van der Waals surface area contributed by atoms with Crippen LogP contribution in [0.2, 0.25) is 0 Å². The molecule has 0 saturated carbocycles. The molecule has 5 rings (SSSR count). The Labute approximate surface area is 135 Å². The summed E-state index contributed by atoms with van der Waals surface area (Å²) >= 11 is 1.19. The predicted molar refractivity (Wildman–Crippen MR) is 89.0 cm³/mol. The maximum Gasteiger partial charge on any atom is 0.307 e. The first-order valence-corrected chi connectivity index (χ1v) is 8.32. The lowest BCUT2D eigenvalue weighted by Gasteiger charge is -2.10. The third-order valence-electron chi connectivity index (χ3n) is 5.05. The number of nitrogens with zero attached hydrogens (tertiary/aromatic N) is 2. The van der Waals surface area contributed by atoms with Gasteiger partial charge in [0, 0.05) is 30.0 Å². The van der Waals surface area contributed by atoms with E-state index in [-0.39, 0.29) is 28.5 Å². The zero-order valence-corrected chi connectivity index (χ0v) is 13.2. The molecule has 0 fully saturated rings. The van der Waals surface area contributed by atoms with E-state index >= 15 is 0 Å². The summed E-state index contributed by atoms with van der Waals surface area (Å²) < 4.78 is 3.96. The van der Waals surface area contributed by atoms with Crippen LogP contribution in [0.4, 0.5) is 0 Å². The largest absolute Gasteiger partial charge is 0.494 e. The minimum Gasteiger partial charge on any atom is -0.494 e. The Balaban J connectivity index is 1.78. The van der Waals surface area contributed by atoms with Crippen molar-refractivity contribution in [2.45, 2.75) is 18.3 Å². The molecule has 0 amide bonds. The van der Waals surface area contributed by atoms with Gasteiger partial charge >= 0.3 is 4.87 Å². The maximum atomic E-state index is 11.8. The lowest BCUT2D eigenvalue weighted by Crippen LogP contribution is -2.06. The van der Waals surface area contributed by atoms with Crippen LogP contribution in [0.15, 0.2) is 35.1 Å².